The normalized spacial score (nSPS) is 10.2. The number of benzene rings is 1. The average Bonchev–Trinajstić information content (AvgIpc) is 2.37. The van der Waals surface area contributed by atoms with Gasteiger partial charge in [0.15, 0.2) is 0 Å². The van der Waals surface area contributed by atoms with Gasteiger partial charge in [0.1, 0.15) is 18.1 Å². The molecule has 0 saturated carbocycles. The highest BCUT2D eigenvalue weighted by atomic mass is 35.5. The van der Waals surface area contributed by atoms with E-state index in [1.165, 1.54) is 0 Å². The van der Waals surface area contributed by atoms with Crippen LogP contribution in [0.2, 0.25) is 5.02 Å². The largest absolute Gasteiger partial charge is 0.497 e. The van der Waals surface area contributed by atoms with Gasteiger partial charge in [-0.15, -0.1) is 0 Å². The number of pyridine rings is 1. The summed E-state index contributed by atoms with van der Waals surface area (Å²) in [5, 5.41) is 0.692. The smallest absolute Gasteiger partial charge is 0.130 e. The van der Waals surface area contributed by atoms with Gasteiger partial charge in [-0.1, -0.05) is 11.6 Å². The van der Waals surface area contributed by atoms with Crippen molar-refractivity contribution in [1.29, 1.82) is 0 Å². The lowest BCUT2D eigenvalue weighted by Crippen LogP contribution is -2.00. The molecule has 18 heavy (non-hydrogen) atoms. The van der Waals surface area contributed by atoms with Crippen LogP contribution in [0.15, 0.2) is 36.4 Å². The molecule has 0 spiro atoms. The maximum atomic E-state index is 5.80. The Morgan fingerprint density at radius 2 is 1.83 bits per heavy atom. The second kappa shape index (κ2) is 5.74. The molecule has 0 saturated heterocycles. The Morgan fingerprint density at radius 3 is 2.50 bits per heavy atom. The molecular weight excluding hydrogens is 250 g/mol. The minimum Gasteiger partial charge on any atom is -0.497 e. The summed E-state index contributed by atoms with van der Waals surface area (Å²) in [5.41, 5.74) is 1.74. The Labute approximate surface area is 111 Å². The van der Waals surface area contributed by atoms with Crippen molar-refractivity contribution in [1.82, 2.24) is 4.98 Å². The van der Waals surface area contributed by atoms with Crippen LogP contribution in [0.3, 0.4) is 0 Å². The fourth-order valence-corrected chi connectivity index (χ4v) is 1.71. The zero-order valence-electron chi connectivity index (χ0n) is 10.3. The summed E-state index contributed by atoms with van der Waals surface area (Å²) < 4.78 is 10.8. The molecule has 0 radical (unpaired) electrons. The summed E-state index contributed by atoms with van der Waals surface area (Å²) >= 11 is 5.80. The van der Waals surface area contributed by atoms with Gasteiger partial charge in [0.05, 0.1) is 12.8 Å². The van der Waals surface area contributed by atoms with Gasteiger partial charge in [-0.2, -0.15) is 0 Å². The number of methoxy groups -OCH3 is 1. The predicted molar refractivity (Wildman–Crippen MR) is 71.3 cm³/mol. The predicted octanol–water partition coefficient (Wildman–Crippen LogP) is 3.63. The van der Waals surface area contributed by atoms with Crippen molar-refractivity contribution in [2.45, 2.75) is 13.5 Å². The van der Waals surface area contributed by atoms with Crippen molar-refractivity contribution in [3.63, 3.8) is 0 Å². The SMILES string of the molecule is COc1cc(C)nc(COc2ccc(Cl)cc2)c1. The van der Waals surface area contributed by atoms with E-state index < -0.39 is 0 Å². The lowest BCUT2D eigenvalue weighted by atomic mass is 10.3. The van der Waals surface area contributed by atoms with Crippen LogP contribution in [0.1, 0.15) is 11.4 Å². The Kier molecular flexibility index (Phi) is 4.05. The van der Waals surface area contributed by atoms with E-state index in [-0.39, 0.29) is 0 Å². The second-order valence-electron chi connectivity index (χ2n) is 3.88. The molecule has 0 aliphatic heterocycles. The van der Waals surface area contributed by atoms with E-state index in [9.17, 15) is 0 Å². The molecule has 3 nitrogen and oxygen atoms in total. The second-order valence-corrected chi connectivity index (χ2v) is 4.32. The van der Waals surface area contributed by atoms with E-state index in [1.54, 1.807) is 19.2 Å². The molecule has 1 aromatic heterocycles. The van der Waals surface area contributed by atoms with Crippen LogP contribution in [-0.2, 0) is 6.61 Å². The van der Waals surface area contributed by atoms with Crippen LogP contribution in [0.25, 0.3) is 0 Å². The first-order valence-electron chi connectivity index (χ1n) is 5.57. The van der Waals surface area contributed by atoms with Crippen molar-refractivity contribution in [3.05, 3.63) is 52.8 Å². The molecule has 94 valence electrons. The first kappa shape index (κ1) is 12.7. The van der Waals surface area contributed by atoms with Crippen molar-refractivity contribution >= 4 is 11.6 Å². The van der Waals surface area contributed by atoms with Crippen LogP contribution >= 0.6 is 11.6 Å². The fourth-order valence-electron chi connectivity index (χ4n) is 1.58. The maximum absolute atomic E-state index is 5.80. The van der Waals surface area contributed by atoms with Crippen molar-refractivity contribution in [2.75, 3.05) is 7.11 Å². The number of hydrogen-bond donors (Lipinski definition) is 0. The van der Waals surface area contributed by atoms with Crippen molar-refractivity contribution < 1.29 is 9.47 Å². The fraction of sp³-hybridized carbons (Fsp3) is 0.214. The molecule has 0 aliphatic rings. The molecule has 0 amide bonds. The van der Waals surface area contributed by atoms with Crippen LogP contribution in [0, 0.1) is 6.92 Å². The molecule has 0 atom stereocenters. The topological polar surface area (TPSA) is 31.4 Å². The zero-order chi connectivity index (χ0) is 13.0. The van der Waals surface area contributed by atoms with E-state index in [1.807, 2.05) is 31.2 Å². The molecule has 2 rings (SSSR count). The molecule has 0 bridgehead atoms. The van der Waals surface area contributed by atoms with Gasteiger partial charge in [0.25, 0.3) is 0 Å². The molecule has 0 aliphatic carbocycles. The Hall–Kier alpha value is -1.74. The van der Waals surface area contributed by atoms with Gasteiger partial charge in [-0.05, 0) is 31.2 Å². The van der Waals surface area contributed by atoms with Gasteiger partial charge in [0.2, 0.25) is 0 Å². The van der Waals surface area contributed by atoms with Crippen LogP contribution in [0.4, 0.5) is 0 Å². The molecule has 1 aromatic carbocycles. The molecule has 0 unspecified atom stereocenters. The first-order valence-corrected chi connectivity index (χ1v) is 5.95. The van der Waals surface area contributed by atoms with E-state index in [2.05, 4.69) is 4.98 Å². The minimum absolute atomic E-state index is 0.402. The number of ether oxygens (including phenoxy) is 2. The summed E-state index contributed by atoms with van der Waals surface area (Å²) in [6.07, 6.45) is 0. The van der Waals surface area contributed by atoms with Crippen molar-refractivity contribution in [2.24, 2.45) is 0 Å². The quantitative estimate of drug-likeness (QED) is 0.844. The first-order chi connectivity index (χ1) is 8.67. The van der Waals surface area contributed by atoms with Gasteiger partial charge < -0.3 is 9.47 Å². The summed E-state index contributed by atoms with van der Waals surface area (Å²) in [7, 11) is 1.64. The molecule has 0 fully saturated rings. The van der Waals surface area contributed by atoms with Gasteiger partial charge in [0, 0.05) is 22.8 Å². The van der Waals surface area contributed by atoms with Gasteiger partial charge in [-0.3, -0.25) is 4.98 Å². The lowest BCUT2D eigenvalue weighted by molar-refractivity contribution is 0.300. The van der Waals surface area contributed by atoms with E-state index >= 15 is 0 Å². The Balaban J connectivity index is 2.05. The number of hydrogen-bond acceptors (Lipinski definition) is 3. The maximum Gasteiger partial charge on any atom is 0.130 e. The molecule has 2 aromatic rings. The molecule has 0 N–H and O–H groups in total. The highest BCUT2D eigenvalue weighted by Gasteiger charge is 2.02. The summed E-state index contributed by atoms with van der Waals surface area (Å²) in [5.74, 6) is 1.55. The van der Waals surface area contributed by atoms with Crippen molar-refractivity contribution in [3.8, 4) is 11.5 Å². The third kappa shape index (κ3) is 3.37. The highest BCUT2D eigenvalue weighted by molar-refractivity contribution is 6.30. The lowest BCUT2D eigenvalue weighted by Gasteiger charge is -2.08. The molecular formula is C14H14ClNO2. The average molecular weight is 264 g/mol. The van der Waals surface area contributed by atoms with E-state index in [4.69, 9.17) is 21.1 Å². The van der Waals surface area contributed by atoms with Gasteiger partial charge in [-0.25, -0.2) is 0 Å². The van der Waals surface area contributed by atoms with Crippen LogP contribution < -0.4 is 9.47 Å². The summed E-state index contributed by atoms with van der Waals surface area (Å²) in [4.78, 5) is 4.38. The molecule has 4 heteroatoms. The van der Waals surface area contributed by atoms with Gasteiger partial charge >= 0.3 is 0 Å². The third-order valence-electron chi connectivity index (χ3n) is 2.42. The van der Waals surface area contributed by atoms with Crippen LogP contribution in [-0.4, -0.2) is 12.1 Å². The monoisotopic (exact) mass is 263 g/mol. The number of rotatable bonds is 4. The standard InChI is InChI=1S/C14H14ClNO2/c1-10-7-14(17-2)8-12(16-10)9-18-13-5-3-11(15)4-6-13/h3-8H,9H2,1-2H3. The number of halogens is 1. The zero-order valence-corrected chi connectivity index (χ0v) is 11.1. The Morgan fingerprint density at radius 1 is 1.11 bits per heavy atom. The van der Waals surface area contributed by atoms with Crippen LogP contribution in [0.5, 0.6) is 11.5 Å². The Bertz CT molecular complexity index is 526. The van der Waals surface area contributed by atoms with E-state index in [0.717, 1.165) is 22.9 Å². The molecule has 1 heterocycles. The number of aromatic nitrogens is 1. The minimum atomic E-state index is 0.402. The third-order valence-corrected chi connectivity index (χ3v) is 2.67. The highest BCUT2D eigenvalue weighted by Crippen LogP contribution is 2.18. The number of nitrogens with zero attached hydrogens (tertiary/aromatic N) is 1. The number of aryl methyl sites for hydroxylation is 1. The summed E-state index contributed by atoms with van der Waals surface area (Å²) in [6.45, 7) is 2.33. The summed E-state index contributed by atoms with van der Waals surface area (Å²) in [6, 6.07) is 11.0. The van der Waals surface area contributed by atoms with E-state index in [0.29, 0.717) is 11.6 Å².